The van der Waals surface area contributed by atoms with E-state index in [1.54, 1.807) is 0 Å². The van der Waals surface area contributed by atoms with Gasteiger partial charge >= 0.3 is 0 Å². The molecule has 1 aliphatic heterocycles. The van der Waals surface area contributed by atoms with Crippen molar-refractivity contribution in [2.45, 2.75) is 25.3 Å². The number of nitrogens with zero attached hydrogens (tertiary/aromatic N) is 6. The fourth-order valence-electron chi connectivity index (χ4n) is 4.97. The van der Waals surface area contributed by atoms with Gasteiger partial charge in [0.05, 0.1) is 5.92 Å². The van der Waals surface area contributed by atoms with Gasteiger partial charge in [0, 0.05) is 45.8 Å². The number of tetrazole rings is 1. The third-order valence-electron chi connectivity index (χ3n) is 6.95. The van der Waals surface area contributed by atoms with Crippen LogP contribution in [0.5, 0.6) is 0 Å². The number of hydrogen-bond acceptors (Lipinski definition) is 5. The van der Waals surface area contributed by atoms with Crippen molar-refractivity contribution in [2.24, 2.45) is 0 Å². The second kappa shape index (κ2) is 11.9. The van der Waals surface area contributed by atoms with Gasteiger partial charge in [-0.1, -0.05) is 91.0 Å². The van der Waals surface area contributed by atoms with E-state index in [0.717, 1.165) is 64.5 Å². The standard InChI is InChI=1S/C29H34N6/c1-4-11-25(12-5-1)17-20-34-23-21-33(22-24-34)18-10-19-35-29(30-31-32-35)28(26-13-6-2-7-14-26)27-15-8-3-9-16-27/h1-9,11-16,28H,10,17-24H2. The van der Waals surface area contributed by atoms with Crippen molar-refractivity contribution in [1.29, 1.82) is 0 Å². The van der Waals surface area contributed by atoms with Crippen LogP contribution in [-0.2, 0) is 13.0 Å². The van der Waals surface area contributed by atoms with Gasteiger partial charge in [0.15, 0.2) is 5.82 Å². The van der Waals surface area contributed by atoms with E-state index in [1.165, 1.54) is 16.7 Å². The Bertz CT molecular complexity index is 1100. The van der Waals surface area contributed by atoms with E-state index in [1.807, 2.05) is 4.68 Å². The first-order valence-corrected chi connectivity index (χ1v) is 12.7. The molecule has 0 spiro atoms. The van der Waals surface area contributed by atoms with E-state index >= 15 is 0 Å². The Labute approximate surface area is 208 Å². The van der Waals surface area contributed by atoms with Crippen LogP contribution in [-0.4, -0.2) is 69.3 Å². The highest BCUT2D eigenvalue weighted by atomic mass is 15.5. The quantitative estimate of drug-likeness (QED) is 0.352. The summed E-state index contributed by atoms with van der Waals surface area (Å²) in [5.41, 5.74) is 3.85. The highest BCUT2D eigenvalue weighted by Crippen LogP contribution is 2.30. The lowest BCUT2D eigenvalue weighted by Crippen LogP contribution is -2.47. The Morgan fingerprint density at radius 3 is 1.77 bits per heavy atom. The lowest BCUT2D eigenvalue weighted by atomic mass is 9.90. The molecule has 0 unspecified atom stereocenters. The van der Waals surface area contributed by atoms with Gasteiger partial charge in [-0.25, -0.2) is 4.68 Å². The Morgan fingerprint density at radius 1 is 0.629 bits per heavy atom. The summed E-state index contributed by atoms with van der Waals surface area (Å²) in [5, 5.41) is 12.9. The van der Waals surface area contributed by atoms with Gasteiger partial charge in [-0.05, 0) is 40.0 Å². The highest BCUT2D eigenvalue weighted by molar-refractivity contribution is 5.37. The maximum absolute atomic E-state index is 4.47. The molecule has 1 aromatic heterocycles. The van der Waals surface area contributed by atoms with E-state index in [9.17, 15) is 0 Å². The molecule has 0 radical (unpaired) electrons. The number of hydrogen-bond donors (Lipinski definition) is 0. The van der Waals surface area contributed by atoms with Gasteiger partial charge in [0.1, 0.15) is 0 Å². The summed E-state index contributed by atoms with van der Waals surface area (Å²) < 4.78 is 2.00. The first-order valence-electron chi connectivity index (χ1n) is 12.7. The third kappa shape index (κ3) is 6.21. The Hall–Kier alpha value is -3.35. The van der Waals surface area contributed by atoms with Crippen LogP contribution < -0.4 is 0 Å². The zero-order chi connectivity index (χ0) is 23.7. The van der Waals surface area contributed by atoms with Crippen LogP contribution in [0.15, 0.2) is 91.0 Å². The molecule has 0 amide bonds. The SMILES string of the molecule is c1ccc(CCN2CCN(CCCn3nnnc3C(c3ccccc3)c3ccccc3)CC2)cc1. The van der Waals surface area contributed by atoms with E-state index < -0.39 is 0 Å². The molecule has 2 heterocycles. The summed E-state index contributed by atoms with van der Waals surface area (Å²) in [6, 6.07) is 31.9. The molecule has 0 saturated carbocycles. The molecule has 3 aromatic carbocycles. The first-order chi connectivity index (χ1) is 17.4. The van der Waals surface area contributed by atoms with Crippen LogP contribution in [0.1, 0.15) is 34.9 Å². The third-order valence-corrected chi connectivity index (χ3v) is 6.95. The molecule has 5 rings (SSSR count). The molecule has 1 aliphatic rings. The normalized spacial score (nSPS) is 15.0. The Balaban J connectivity index is 1.15. The van der Waals surface area contributed by atoms with Crippen molar-refractivity contribution in [3.8, 4) is 0 Å². The van der Waals surface area contributed by atoms with Crippen LogP contribution >= 0.6 is 0 Å². The lowest BCUT2D eigenvalue weighted by molar-refractivity contribution is 0.131. The molecule has 0 bridgehead atoms. The van der Waals surface area contributed by atoms with Crippen molar-refractivity contribution in [3.63, 3.8) is 0 Å². The fourth-order valence-corrected chi connectivity index (χ4v) is 4.97. The number of piperazine rings is 1. The number of rotatable bonds is 10. The molecule has 6 heteroatoms. The summed E-state index contributed by atoms with van der Waals surface area (Å²) in [5.74, 6) is 0.939. The molecule has 0 N–H and O–H groups in total. The van der Waals surface area contributed by atoms with Crippen LogP contribution in [0.25, 0.3) is 0 Å². The van der Waals surface area contributed by atoms with E-state index in [4.69, 9.17) is 0 Å². The predicted molar refractivity (Wildman–Crippen MR) is 139 cm³/mol. The monoisotopic (exact) mass is 466 g/mol. The zero-order valence-electron chi connectivity index (χ0n) is 20.3. The topological polar surface area (TPSA) is 50.1 Å². The number of benzene rings is 3. The summed E-state index contributed by atoms with van der Waals surface area (Å²) in [7, 11) is 0. The molecule has 180 valence electrons. The summed E-state index contributed by atoms with van der Waals surface area (Å²) in [6.07, 6.45) is 2.17. The van der Waals surface area contributed by atoms with Crippen molar-refractivity contribution < 1.29 is 0 Å². The van der Waals surface area contributed by atoms with Gasteiger partial charge in [-0.2, -0.15) is 0 Å². The van der Waals surface area contributed by atoms with Crippen LogP contribution in [0, 0.1) is 0 Å². The highest BCUT2D eigenvalue weighted by Gasteiger charge is 2.23. The maximum atomic E-state index is 4.47. The van der Waals surface area contributed by atoms with E-state index in [0.29, 0.717) is 0 Å². The minimum atomic E-state index is 0.0283. The molecular formula is C29H34N6. The van der Waals surface area contributed by atoms with Gasteiger partial charge in [-0.3, -0.25) is 0 Å². The first kappa shape index (κ1) is 23.4. The Morgan fingerprint density at radius 2 is 1.17 bits per heavy atom. The lowest BCUT2D eigenvalue weighted by Gasteiger charge is -2.34. The van der Waals surface area contributed by atoms with Crippen LogP contribution in [0.3, 0.4) is 0 Å². The summed E-state index contributed by atoms with van der Waals surface area (Å²) >= 11 is 0. The van der Waals surface area contributed by atoms with E-state index in [2.05, 4.69) is 116 Å². The van der Waals surface area contributed by atoms with Gasteiger partial charge in [-0.15, -0.1) is 5.10 Å². The second-order valence-electron chi connectivity index (χ2n) is 9.29. The Kier molecular flexibility index (Phi) is 7.93. The minimum Gasteiger partial charge on any atom is -0.301 e. The smallest absolute Gasteiger partial charge is 0.163 e. The van der Waals surface area contributed by atoms with Crippen molar-refractivity contribution in [2.75, 3.05) is 39.3 Å². The molecular weight excluding hydrogens is 432 g/mol. The van der Waals surface area contributed by atoms with Crippen molar-refractivity contribution >= 4 is 0 Å². The number of aryl methyl sites for hydroxylation is 1. The molecule has 6 nitrogen and oxygen atoms in total. The number of aromatic nitrogens is 4. The van der Waals surface area contributed by atoms with Gasteiger partial charge in [0.2, 0.25) is 0 Å². The second-order valence-corrected chi connectivity index (χ2v) is 9.29. The average Bonchev–Trinajstić information content (AvgIpc) is 3.38. The van der Waals surface area contributed by atoms with Gasteiger partial charge < -0.3 is 9.80 Å². The zero-order valence-corrected chi connectivity index (χ0v) is 20.3. The van der Waals surface area contributed by atoms with E-state index in [-0.39, 0.29) is 5.92 Å². The molecule has 1 saturated heterocycles. The molecule has 4 aromatic rings. The minimum absolute atomic E-state index is 0.0283. The van der Waals surface area contributed by atoms with Crippen LogP contribution in [0.4, 0.5) is 0 Å². The van der Waals surface area contributed by atoms with Crippen molar-refractivity contribution in [3.05, 3.63) is 114 Å². The largest absolute Gasteiger partial charge is 0.301 e. The molecule has 1 fully saturated rings. The molecule has 0 aliphatic carbocycles. The van der Waals surface area contributed by atoms with Crippen molar-refractivity contribution in [1.82, 2.24) is 30.0 Å². The van der Waals surface area contributed by atoms with Gasteiger partial charge in [0.25, 0.3) is 0 Å². The molecule has 35 heavy (non-hydrogen) atoms. The summed E-state index contributed by atoms with van der Waals surface area (Å²) in [4.78, 5) is 5.17. The molecule has 0 atom stereocenters. The average molecular weight is 467 g/mol. The van der Waals surface area contributed by atoms with Crippen LogP contribution in [0.2, 0.25) is 0 Å². The maximum Gasteiger partial charge on any atom is 0.163 e. The summed E-state index contributed by atoms with van der Waals surface area (Å²) in [6.45, 7) is 7.61. The predicted octanol–water partition coefficient (Wildman–Crippen LogP) is 4.10. The fraction of sp³-hybridized carbons (Fsp3) is 0.345.